The fraction of sp³-hybridized carbons (Fsp3) is 0.385. The van der Waals surface area contributed by atoms with Gasteiger partial charge in [-0.3, -0.25) is 4.79 Å². The summed E-state index contributed by atoms with van der Waals surface area (Å²) in [7, 11) is 0. The maximum Gasteiger partial charge on any atom is 0.407 e. The topological polar surface area (TPSA) is 76.7 Å². The van der Waals surface area contributed by atoms with Crippen molar-refractivity contribution >= 4 is 12.0 Å². The summed E-state index contributed by atoms with van der Waals surface area (Å²) in [6, 6.07) is 9.40. The summed E-state index contributed by atoms with van der Waals surface area (Å²) in [4.78, 5) is 22.7. The van der Waals surface area contributed by atoms with Gasteiger partial charge >= 0.3 is 6.09 Å². The maximum absolute atomic E-state index is 11.4. The van der Waals surface area contributed by atoms with Gasteiger partial charge in [-0.15, -0.1) is 0 Å². The van der Waals surface area contributed by atoms with Crippen molar-refractivity contribution in [3.05, 3.63) is 35.9 Å². The SMILES string of the molecule is O=C(CNC(=O)OCc1ccccc1)NC1COC1. The lowest BCUT2D eigenvalue weighted by atomic mass is 10.2. The molecule has 0 radical (unpaired) electrons. The smallest absolute Gasteiger partial charge is 0.407 e. The van der Waals surface area contributed by atoms with Crippen molar-refractivity contribution in [3.63, 3.8) is 0 Å². The normalized spacial score (nSPS) is 14.3. The van der Waals surface area contributed by atoms with E-state index in [9.17, 15) is 9.59 Å². The van der Waals surface area contributed by atoms with Crippen LogP contribution in [0.25, 0.3) is 0 Å². The molecule has 0 saturated carbocycles. The molecule has 1 aromatic rings. The molecule has 0 unspecified atom stereocenters. The molecule has 1 saturated heterocycles. The third-order valence-electron chi connectivity index (χ3n) is 2.61. The van der Waals surface area contributed by atoms with Crippen LogP contribution in [0, 0.1) is 0 Å². The number of carbonyl (C=O) groups is 2. The zero-order valence-corrected chi connectivity index (χ0v) is 10.4. The summed E-state index contributed by atoms with van der Waals surface area (Å²) in [6.07, 6.45) is -0.608. The first kappa shape index (κ1) is 13.4. The van der Waals surface area contributed by atoms with Gasteiger partial charge in [0.05, 0.1) is 19.3 Å². The minimum Gasteiger partial charge on any atom is -0.445 e. The highest BCUT2D eigenvalue weighted by molar-refractivity contribution is 5.82. The molecule has 1 aliphatic rings. The Kier molecular flexibility index (Phi) is 4.74. The molecule has 1 aliphatic heterocycles. The van der Waals surface area contributed by atoms with Crippen LogP contribution in [-0.2, 0) is 20.9 Å². The molecular formula is C13H16N2O4. The van der Waals surface area contributed by atoms with Gasteiger partial charge in [0.2, 0.25) is 5.91 Å². The van der Waals surface area contributed by atoms with Gasteiger partial charge in [0.25, 0.3) is 0 Å². The van der Waals surface area contributed by atoms with Gasteiger partial charge in [-0.05, 0) is 5.56 Å². The van der Waals surface area contributed by atoms with Crippen molar-refractivity contribution in [1.29, 1.82) is 0 Å². The summed E-state index contributed by atoms with van der Waals surface area (Å²) < 4.78 is 9.89. The predicted octanol–water partition coefficient (Wildman–Crippen LogP) is 0.428. The van der Waals surface area contributed by atoms with Crippen LogP contribution in [0.3, 0.4) is 0 Å². The van der Waals surface area contributed by atoms with E-state index in [1.54, 1.807) is 0 Å². The Labute approximate surface area is 111 Å². The molecule has 0 aromatic heterocycles. The van der Waals surface area contributed by atoms with Gasteiger partial charge in [-0.2, -0.15) is 0 Å². The second-order valence-electron chi connectivity index (χ2n) is 4.22. The van der Waals surface area contributed by atoms with Gasteiger partial charge in [-0.25, -0.2) is 4.79 Å². The number of ether oxygens (including phenoxy) is 2. The van der Waals surface area contributed by atoms with Crippen LogP contribution in [0.4, 0.5) is 4.79 Å². The molecule has 6 nitrogen and oxygen atoms in total. The molecule has 102 valence electrons. The second-order valence-corrected chi connectivity index (χ2v) is 4.22. The Bertz CT molecular complexity index is 432. The number of nitrogens with one attached hydrogen (secondary N) is 2. The molecule has 0 atom stereocenters. The van der Waals surface area contributed by atoms with Crippen LogP contribution in [0.15, 0.2) is 30.3 Å². The average Bonchev–Trinajstić information content (AvgIpc) is 2.39. The highest BCUT2D eigenvalue weighted by Gasteiger charge is 2.20. The van der Waals surface area contributed by atoms with Crippen molar-refractivity contribution in [1.82, 2.24) is 10.6 Å². The third-order valence-corrected chi connectivity index (χ3v) is 2.61. The Morgan fingerprint density at radius 3 is 2.63 bits per heavy atom. The molecule has 0 spiro atoms. The largest absolute Gasteiger partial charge is 0.445 e. The van der Waals surface area contributed by atoms with Crippen molar-refractivity contribution in [2.45, 2.75) is 12.6 Å². The Morgan fingerprint density at radius 2 is 2.00 bits per heavy atom. The highest BCUT2D eigenvalue weighted by atomic mass is 16.5. The van der Waals surface area contributed by atoms with Crippen LogP contribution in [0.1, 0.15) is 5.56 Å². The van der Waals surface area contributed by atoms with Crippen molar-refractivity contribution in [2.75, 3.05) is 19.8 Å². The molecule has 0 bridgehead atoms. The Morgan fingerprint density at radius 1 is 1.26 bits per heavy atom. The first-order valence-corrected chi connectivity index (χ1v) is 6.05. The summed E-state index contributed by atoms with van der Waals surface area (Å²) in [5.74, 6) is -0.245. The molecule has 6 heteroatoms. The van der Waals surface area contributed by atoms with E-state index in [0.717, 1.165) is 5.56 Å². The van der Waals surface area contributed by atoms with Crippen LogP contribution in [-0.4, -0.2) is 37.8 Å². The Hall–Kier alpha value is -2.08. The summed E-state index contributed by atoms with van der Waals surface area (Å²) >= 11 is 0. The van der Waals surface area contributed by atoms with Crippen LogP contribution < -0.4 is 10.6 Å². The van der Waals surface area contributed by atoms with Gasteiger partial charge in [0, 0.05) is 0 Å². The first-order valence-electron chi connectivity index (χ1n) is 6.05. The van der Waals surface area contributed by atoms with Crippen molar-refractivity contribution in [3.8, 4) is 0 Å². The van der Waals surface area contributed by atoms with Gasteiger partial charge in [0.15, 0.2) is 0 Å². The number of carbonyl (C=O) groups excluding carboxylic acids is 2. The fourth-order valence-electron chi connectivity index (χ4n) is 1.52. The van der Waals surface area contributed by atoms with E-state index in [2.05, 4.69) is 10.6 Å². The highest BCUT2D eigenvalue weighted by Crippen LogP contribution is 2.00. The molecule has 2 N–H and O–H groups in total. The lowest BCUT2D eigenvalue weighted by molar-refractivity contribution is -0.124. The van der Waals surface area contributed by atoms with Gasteiger partial charge < -0.3 is 20.1 Å². The van der Waals surface area contributed by atoms with Gasteiger partial charge in [-0.1, -0.05) is 30.3 Å². The van der Waals surface area contributed by atoms with E-state index in [1.165, 1.54) is 0 Å². The van der Waals surface area contributed by atoms with Crippen molar-refractivity contribution in [2.24, 2.45) is 0 Å². The number of hydrogen-bond acceptors (Lipinski definition) is 4. The molecule has 1 heterocycles. The number of amides is 2. The summed E-state index contributed by atoms with van der Waals surface area (Å²) in [5.41, 5.74) is 0.897. The van der Waals surface area contributed by atoms with E-state index in [-0.39, 0.29) is 25.1 Å². The molecule has 1 aromatic carbocycles. The molecule has 0 aliphatic carbocycles. The Balaban J connectivity index is 1.60. The minimum atomic E-state index is -0.608. The van der Waals surface area contributed by atoms with Crippen molar-refractivity contribution < 1.29 is 19.1 Å². The minimum absolute atomic E-state index is 0.0645. The third kappa shape index (κ3) is 4.59. The predicted molar refractivity (Wildman–Crippen MR) is 67.4 cm³/mol. The van der Waals surface area contributed by atoms with Crippen LogP contribution >= 0.6 is 0 Å². The standard InChI is InChI=1S/C13H16N2O4/c16-12(15-11-8-18-9-11)6-14-13(17)19-7-10-4-2-1-3-5-10/h1-5,11H,6-9H2,(H,14,17)(H,15,16). The molecule has 2 rings (SSSR count). The first-order chi connectivity index (χ1) is 9.24. The lowest BCUT2D eigenvalue weighted by Gasteiger charge is -2.26. The van der Waals surface area contributed by atoms with E-state index in [0.29, 0.717) is 13.2 Å². The second kappa shape index (κ2) is 6.75. The molecule has 2 amide bonds. The summed E-state index contributed by atoms with van der Waals surface area (Å²) in [5, 5.41) is 5.10. The quantitative estimate of drug-likeness (QED) is 0.808. The van der Waals surface area contributed by atoms with Crippen LogP contribution in [0.5, 0.6) is 0 Å². The lowest BCUT2D eigenvalue weighted by Crippen LogP contribution is -2.51. The maximum atomic E-state index is 11.4. The molecule has 19 heavy (non-hydrogen) atoms. The number of alkyl carbamates (subject to hydrolysis) is 1. The summed E-state index contributed by atoms with van der Waals surface area (Å²) in [6.45, 7) is 1.16. The van der Waals surface area contributed by atoms with Crippen LogP contribution in [0.2, 0.25) is 0 Å². The fourth-order valence-corrected chi connectivity index (χ4v) is 1.52. The molecule has 1 fully saturated rings. The van der Waals surface area contributed by atoms with E-state index in [4.69, 9.17) is 9.47 Å². The average molecular weight is 264 g/mol. The number of hydrogen-bond donors (Lipinski definition) is 2. The number of rotatable bonds is 5. The van der Waals surface area contributed by atoms with E-state index in [1.807, 2.05) is 30.3 Å². The number of benzene rings is 1. The van der Waals surface area contributed by atoms with E-state index >= 15 is 0 Å². The monoisotopic (exact) mass is 264 g/mol. The zero-order valence-electron chi connectivity index (χ0n) is 10.4. The zero-order chi connectivity index (χ0) is 13.5. The molecular weight excluding hydrogens is 248 g/mol. The van der Waals surface area contributed by atoms with E-state index < -0.39 is 6.09 Å². The van der Waals surface area contributed by atoms with Gasteiger partial charge in [0.1, 0.15) is 13.2 Å².